The molecule has 0 unspecified atom stereocenters. The highest BCUT2D eigenvalue weighted by Crippen LogP contribution is 2.53. The number of nitrogens with one attached hydrogen (secondary N) is 2. The van der Waals surface area contributed by atoms with Crippen molar-refractivity contribution in [3.05, 3.63) is 65.2 Å². The van der Waals surface area contributed by atoms with E-state index in [4.69, 9.17) is 5.73 Å². The van der Waals surface area contributed by atoms with Crippen LogP contribution in [0.1, 0.15) is 30.0 Å². The highest BCUT2D eigenvalue weighted by atomic mass is 16.2. The predicted octanol–water partition coefficient (Wildman–Crippen LogP) is 1.09. The van der Waals surface area contributed by atoms with Gasteiger partial charge in [-0.2, -0.15) is 0 Å². The van der Waals surface area contributed by atoms with Crippen LogP contribution in [-0.4, -0.2) is 41.1 Å². The monoisotopic (exact) mass is 446 g/mol. The molecule has 0 aromatic heterocycles. The Morgan fingerprint density at radius 1 is 1.06 bits per heavy atom. The van der Waals surface area contributed by atoms with E-state index >= 15 is 0 Å². The van der Waals surface area contributed by atoms with Gasteiger partial charge in [0.05, 0.1) is 11.8 Å². The van der Waals surface area contributed by atoms with Crippen molar-refractivity contribution < 1.29 is 19.2 Å². The molecule has 3 aliphatic rings. The Morgan fingerprint density at radius 2 is 1.82 bits per heavy atom. The molecule has 4 atom stereocenters. The zero-order chi connectivity index (χ0) is 23.3. The minimum atomic E-state index is -1.40. The van der Waals surface area contributed by atoms with E-state index in [1.54, 1.807) is 0 Å². The Labute approximate surface area is 191 Å². The Morgan fingerprint density at radius 3 is 2.52 bits per heavy atom. The molecule has 5 rings (SSSR count). The highest BCUT2D eigenvalue weighted by Gasteiger charge is 2.70. The lowest BCUT2D eigenvalue weighted by Gasteiger charge is -2.29. The Bertz CT molecular complexity index is 1160. The van der Waals surface area contributed by atoms with E-state index < -0.39 is 29.3 Å². The molecular formula is C25H26N4O4. The summed E-state index contributed by atoms with van der Waals surface area (Å²) in [5.74, 6) is -3.47. The van der Waals surface area contributed by atoms with Gasteiger partial charge in [0, 0.05) is 30.3 Å². The number of aryl methyl sites for hydroxylation is 1. The van der Waals surface area contributed by atoms with Crippen LogP contribution in [0.25, 0.3) is 0 Å². The molecule has 3 aliphatic heterocycles. The van der Waals surface area contributed by atoms with E-state index in [9.17, 15) is 19.2 Å². The van der Waals surface area contributed by atoms with E-state index in [1.807, 2.05) is 55.5 Å². The largest absolute Gasteiger partial charge is 0.370 e. The molecule has 0 radical (unpaired) electrons. The number of amides is 4. The number of benzene rings is 2. The maximum absolute atomic E-state index is 13.7. The van der Waals surface area contributed by atoms with Gasteiger partial charge in [-0.05, 0) is 30.0 Å². The fourth-order valence-electron chi connectivity index (χ4n) is 5.63. The molecule has 2 aromatic carbocycles. The van der Waals surface area contributed by atoms with Crippen molar-refractivity contribution >= 4 is 29.3 Å². The van der Waals surface area contributed by atoms with Crippen molar-refractivity contribution in [3.63, 3.8) is 0 Å². The summed E-state index contributed by atoms with van der Waals surface area (Å²) in [5, 5.41) is 6.11. The van der Waals surface area contributed by atoms with Gasteiger partial charge in [0.2, 0.25) is 23.6 Å². The molecule has 0 aliphatic carbocycles. The number of fused-ring (bicyclic) bond motifs is 4. The second-order valence-corrected chi connectivity index (χ2v) is 8.98. The molecule has 170 valence electrons. The Hall–Kier alpha value is -3.52. The summed E-state index contributed by atoms with van der Waals surface area (Å²) in [4.78, 5) is 53.6. The SMILES string of the molecule is CCc1ccc2c(c1)[C@@]1(N[C@H](CC(N)=O)[C@H]3C(=O)N(CCc4ccccc4)C(=O)[C@@H]31)C(=O)N2. The summed E-state index contributed by atoms with van der Waals surface area (Å²) in [6.07, 6.45) is 1.14. The first-order chi connectivity index (χ1) is 15.9. The minimum Gasteiger partial charge on any atom is -0.370 e. The van der Waals surface area contributed by atoms with Gasteiger partial charge in [-0.25, -0.2) is 0 Å². The summed E-state index contributed by atoms with van der Waals surface area (Å²) in [6.45, 7) is 2.23. The van der Waals surface area contributed by atoms with Gasteiger partial charge in [-0.1, -0.05) is 49.4 Å². The quantitative estimate of drug-likeness (QED) is 0.574. The first-order valence-corrected chi connectivity index (χ1v) is 11.3. The first-order valence-electron chi connectivity index (χ1n) is 11.3. The van der Waals surface area contributed by atoms with Crippen LogP contribution >= 0.6 is 0 Å². The number of imide groups is 1. The molecule has 8 nitrogen and oxygen atoms in total. The van der Waals surface area contributed by atoms with Crippen LogP contribution < -0.4 is 16.4 Å². The molecule has 0 saturated carbocycles. The molecular weight excluding hydrogens is 420 g/mol. The van der Waals surface area contributed by atoms with Crippen molar-refractivity contribution in [2.24, 2.45) is 17.6 Å². The zero-order valence-corrected chi connectivity index (χ0v) is 18.3. The molecule has 4 amide bonds. The molecule has 4 N–H and O–H groups in total. The Kier molecular flexibility index (Phi) is 5.05. The average molecular weight is 447 g/mol. The lowest BCUT2D eigenvalue weighted by molar-refractivity contribution is -0.142. The fourth-order valence-corrected chi connectivity index (χ4v) is 5.63. The topological polar surface area (TPSA) is 122 Å². The van der Waals surface area contributed by atoms with Crippen molar-refractivity contribution in [2.75, 3.05) is 11.9 Å². The first kappa shape index (κ1) is 21.3. The zero-order valence-electron chi connectivity index (χ0n) is 18.3. The van der Waals surface area contributed by atoms with E-state index in [0.717, 1.165) is 17.5 Å². The third-order valence-corrected chi connectivity index (χ3v) is 7.17. The highest BCUT2D eigenvalue weighted by molar-refractivity contribution is 6.15. The number of rotatable bonds is 6. The number of likely N-dealkylation sites (tertiary alicyclic amines) is 1. The van der Waals surface area contributed by atoms with Gasteiger partial charge >= 0.3 is 0 Å². The van der Waals surface area contributed by atoms with Crippen LogP contribution in [0.3, 0.4) is 0 Å². The number of primary amides is 1. The summed E-state index contributed by atoms with van der Waals surface area (Å²) in [7, 11) is 0. The van der Waals surface area contributed by atoms with Crippen molar-refractivity contribution in [1.29, 1.82) is 0 Å². The van der Waals surface area contributed by atoms with Crippen LogP contribution in [-0.2, 0) is 37.6 Å². The minimum absolute atomic E-state index is 0.134. The van der Waals surface area contributed by atoms with Gasteiger partial charge in [-0.3, -0.25) is 29.4 Å². The molecule has 2 aromatic rings. The summed E-state index contributed by atoms with van der Waals surface area (Å²) >= 11 is 0. The van der Waals surface area contributed by atoms with Crippen LogP contribution in [0.15, 0.2) is 48.5 Å². The fraction of sp³-hybridized carbons (Fsp3) is 0.360. The molecule has 0 bridgehead atoms. The summed E-state index contributed by atoms with van der Waals surface area (Å²) in [6, 6.07) is 14.6. The lowest BCUT2D eigenvalue weighted by Crippen LogP contribution is -2.53. The second kappa shape index (κ2) is 7.81. The van der Waals surface area contributed by atoms with Crippen LogP contribution in [0.4, 0.5) is 5.69 Å². The van der Waals surface area contributed by atoms with Crippen LogP contribution in [0.2, 0.25) is 0 Å². The van der Waals surface area contributed by atoms with E-state index in [-0.39, 0.29) is 30.7 Å². The van der Waals surface area contributed by atoms with E-state index in [2.05, 4.69) is 10.6 Å². The van der Waals surface area contributed by atoms with Gasteiger partial charge in [0.15, 0.2) is 0 Å². The van der Waals surface area contributed by atoms with Crippen molar-refractivity contribution in [1.82, 2.24) is 10.2 Å². The molecule has 8 heteroatoms. The second-order valence-electron chi connectivity index (χ2n) is 8.98. The third kappa shape index (κ3) is 3.16. The summed E-state index contributed by atoms with van der Waals surface area (Å²) in [5.41, 5.74) is 7.36. The Balaban J connectivity index is 1.56. The third-order valence-electron chi connectivity index (χ3n) is 7.17. The maximum atomic E-state index is 13.7. The summed E-state index contributed by atoms with van der Waals surface area (Å²) < 4.78 is 0. The molecule has 1 spiro atoms. The maximum Gasteiger partial charge on any atom is 0.250 e. The van der Waals surface area contributed by atoms with Crippen molar-refractivity contribution in [2.45, 2.75) is 37.8 Å². The average Bonchev–Trinajstić information content (AvgIpc) is 3.37. The van der Waals surface area contributed by atoms with E-state index in [1.165, 1.54) is 4.90 Å². The van der Waals surface area contributed by atoms with Gasteiger partial charge < -0.3 is 11.1 Å². The smallest absolute Gasteiger partial charge is 0.250 e. The van der Waals surface area contributed by atoms with Crippen LogP contribution in [0.5, 0.6) is 0 Å². The number of anilines is 1. The van der Waals surface area contributed by atoms with Gasteiger partial charge in [-0.15, -0.1) is 0 Å². The number of carbonyl (C=O) groups is 4. The van der Waals surface area contributed by atoms with Crippen molar-refractivity contribution in [3.8, 4) is 0 Å². The molecule has 33 heavy (non-hydrogen) atoms. The standard InChI is InChI=1S/C25H26N4O4/c1-2-14-8-9-17-16(12-14)25(24(33)27-17)21-20(18(28-25)13-19(26)30)22(31)29(23(21)32)11-10-15-6-4-3-5-7-15/h3-9,12,18,20-21,28H,2,10-11,13H2,1H3,(H2,26,30)(H,27,33)/t18-,20-,21-,25+/m1/s1. The molecule has 2 saturated heterocycles. The van der Waals surface area contributed by atoms with E-state index in [0.29, 0.717) is 17.7 Å². The molecule has 2 fully saturated rings. The molecule has 3 heterocycles. The number of hydrogen-bond donors (Lipinski definition) is 3. The normalized spacial score (nSPS) is 27.7. The number of hydrogen-bond acceptors (Lipinski definition) is 5. The van der Waals surface area contributed by atoms with Crippen LogP contribution in [0, 0.1) is 11.8 Å². The number of nitrogens with two attached hydrogens (primary N) is 1. The van der Waals surface area contributed by atoms with Gasteiger partial charge in [0.1, 0.15) is 5.54 Å². The number of carbonyl (C=O) groups excluding carboxylic acids is 4. The van der Waals surface area contributed by atoms with Gasteiger partial charge in [0.25, 0.3) is 0 Å². The lowest BCUT2D eigenvalue weighted by atomic mass is 9.76. The predicted molar refractivity (Wildman–Crippen MR) is 121 cm³/mol. The number of nitrogens with zero attached hydrogens (tertiary/aromatic N) is 1.